The van der Waals surface area contributed by atoms with Crippen molar-refractivity contribution in [2.24, 2.45) is 7.05 Å². The summed E-state index contributed by atoms with van der Waals surface area (Å²) in [6, 6.07) is 15.2. The van der Waals surface area contributed by atoms with Crippen LogP contribution in [0.3, 0.4) is 0 Å². The fourth-order valence-electron chi connectivity index (χ4n) is 2.89. The van der Waals surface area contributed by atoms with Crippen LogP contribution in [0.15, 0.2) is 53.0 Å². The molecule has 2 aromatic carbocycles. The fourth-order valence-corrected chi connectivity index (χ4v) is 3.15. The van der Waals surface area contributed by atoms with E-state index in [4.69, 9.17) is 4.74 Å². The minimum Gasteiger partial charge on any atom is -0.494 e. The molecule has 140 valence electrons. The number of carbonyl (C=O) groups excluding carboxylic acids is 1. The van der Waals surface area contributed by atoms with E-state index >= 15 is 0 Å². The summed E-state index contributed by atoms with van der Waals surface area (Å²) >= 11 is 3.45. The molecule has 0 fully saturated rings. The van der Waals surface area contributed by atoms with Gasteiger partial charge in [0.2, 0.25) is 0 Å². The summed E-state index contributed by atoms with van der Waals surface area (Å²) in [5.74, 6) is 1.16. The van der Waals surface area contributed by atoms with Crippen molar-refractivity contribution in [2.75, 3.05) is 11.9 Å². The van der Waals surface area contributed by atoms with Crippen molar-refractivity contribution in [3.8, 4) is 16.9 Å². The zero-order chi connectivity index (χ0) is 19.4. The van der Waals surface area contributed by atoms with Gasteiger partial charge in [0, 0.05) is 22.6 Å². The highest BCUT2D eigenvalue weighted by Crippen LogP contribution is 2.32. The van der Waals surface area contributed by atoms with E-state index in [0.29, 0.717) is 23.7 Å². The summed E-state index contributed by atoms with van der Waals surface area (Å²) < 4.78 is 8.32. The number of amides is 1. The van der Waals surface area contributed by atoms with Crippen molar-refractivity contribution in [1.82, 2.24) is 9.78 Å². The largest absolute Gasteiger partial charge is 0.494 e. The highest BCUT2D eigenvalue weighted by Gasteiger charge is 2.18. The minimum atomic E-state index is -0.196. The Bertz CT molecular complexity index is 949. The van der Waals surface area contributed by atoms with Gasteiger partial charge in [0.1, 0.15) is 11.6 Å². The predicted molar refractivity (Wildman–Crippen MR) is 111 cm³/mol. The van der Waals surface area contributed by atoms with Crippen LogP contribution < -0.4 is 10.1 Å². The Hall–Kier alpha value is -2.60. The van der Waals surface area contributed by atoms with E-state index in [1.807, 2.05) is 57.3 Å². The fraction of sp³-hybridized carbons (Fsp3) is 0.238. The van der Waals surface area contributed by atoms with Gasteiger partial charge in [-0.05, 0) is 49.2 Å². The third kappa shape index (κ3) is 4.39. The van der Waals surface area contributed by atoms with Crippen molar-refractivity contribution in [3.05, 3.63) is 64.3 Å². The van der Waals surface area contributed by atoms with Crippen LogP contribution in [0.5, 0.6) is 5.75 Å². The molecule has 0 aliphatic heterocycles. The Morgan fingerprint density at radius 1 is 1.22 bits per heavy atom. The number of aryl methyl sites for hydroxylation is 2. The van der Waals surface area contributed by atoms with E-state index in [9.17, 15) is 4.79 Å². The van der Waals surface area contributed by atoms with Crippen molar-refractivity contribution in [2.45, 2.75) is 20.3 Å². The molecule has 5 nitrogen and oxygen atoms in total. The summed E-state index contributed by atoms with van der Waals surface area (Å²) in [5.41, 5.74) is 3.32. The second kappa shape index (κ2) is 8.39. The molecule has 0 bridgehead atoms. The Morgan fingerprint density at radius 3 is 2.67 bits per heavy atom. The Kier molecular flexibility index (Phi) is 5.96. The van der Waals surface area contributed by atoms with Gasteiger partial charge >= 0.3 is 0 Å². The predicted octanol–water partition coefficient (Wildman–Crippen LogP) is 5.20. The van der Waals surface area contributed by atoms with Crippen molar-refractivity contribution < 1.29 is 9.53 Å². The summed E-state index contributed by atoms with van der Waals surface area (Å²) in [6.07, 6.45) is 0.918. The normalized spacial score (nSPS) is 10.7. The van der Waals surface area contributed by atoms with Gasteiger partial charge < -0.3 is 10.1 Å². The number of nitrogens with zero attached hydrogens (tertiary/aromatic N) is 2. The lowest BCUT2D eigenvalue weighted by Crippen LogP contribution is -2.15. The summed E-state index contributed by atoms with van der Waals surface area (Å²) in [5, 5.41) is 7.49. The molecule has 27 heavy (non-hydrogen) atoms. The average Bonchev–Trinajstić information content (AvgIpc) is 2.94. The molecule has 0 saturated carbocycles. The first-order valence-electron chi connectivity index (χ1n) is 8.83. The van der Waals surface area contributed by atoms with E-state index in [0.717, 1.165) is 27.7 Å². The van der Waals surface area contributed by atoms with Crippen molar-refractivity contribution in [3.63, 3.8) is 0 Å². The number of hydrogen-bond acceptors (Lipinski definition) is 3. The third-order valence-corrected chi connectivity index (χ3v) is 4.68. The van der Waals surface area contributed by atoms with Crippen molar-refractivity contribution in [1.29, 1.82) is 0 Å². The van der Waals surface area contributed by atoms with Crippen LogP contribution in [0.1, 0.15) is 29.4 Å². The lowest BCUT2D eigenvalue weighted by molar-refractivity contribution is 0.102. The lowest BCUT2D eigenvalue weighted by Gasteiger charge is -2.11. The smallest absolute Gasteiger partial charge is 0.256 e. The van der Waals surface area contributed by atoms with E-state index in [2.05, 4.69) is 26.3 Å². The number of halogens is 1. The molecule has 0 unspecified atom stereocenters. The van der Waals surface area contributed by atoms with Crippen LogP contribution in [0, 0.1) is 6.92 Å². The molecule has 1 heterocycles. The standard InChI is InChI=1S/C21H22BrN3O2/c1-4-12-27-18-7-5-6-16(13-18)21(26)23-20-19(14(2)24-25(20)3)15-8-10-17(22)11-9-15/h5-11,13H,4,12H2,1-3H3,(H,23,26). The number of aromatic nitrogens is 2. The van der Waals surface area contributed by atoms with Crippen molar-refractivity contribution >= 4 is 27.7 Å². The molecule has 3 rings (SSSR count). The first-order chi connectivity index (χ1) is 13.0. The number of benzene rings is 2. The van der Waals surface area contributed by atoms with Crippen LogP contribution >= 0.6 is 15.9 Å². The number of hydrogen-bond donors (Lipinski definition) is 1. The molecule has 1 amide bonds. The summed E-state index contributed by atoms with van der Waals surface area (Å²) in [6.45, 7) is 4.61. The number of anilines is 1. The number of rotatable bonds is 6. The lowest BCUT2D eigenvalue weighted by atomic mass is 10.1. The minimum absolute atomic E-state index is 0.196. The molecule has 6 heteroatoms. The van der Waals surface area contributed by atoms with E-state index in [1.54, 1.807) is 16.8 Å². The van der Waals surface area contributed by atoms with Gasteiger partial charge in [-0.2, -0.15) is 5.10 Å². The molecule has 0 spiro atoms. The highest BCUT2D eigenvalue weighted by atomic mass is 79.9. The van der Waals surface area contributed by atoms with Gasteiger partial charge in [-0.1, -0.05) is 41.1 Å². The Balaban J connectivity index is 1.90. The molecule has 1 aromatic heterocycles. The quantitative estimate of drug-likeness (QED) is 0.587. The van der Waals surface area contributed by atoms with Gasteiger partial charge in [-0.25, -0.2) is 0 Å². The Morgan fingerprint density at radius 2 is 1.96 bits per heavy atom. The van der Waals surface area contributed by atoms with Crippen LogP contribution in [-0.4, -0.2) is 22.3 Å². The molecule has 0 aliphatic carbocycles. The summed E-state index contributed by atoms with van der Waals surface area (Å²) in [4.78, 5) is 12.8. The van der Waals surface area contributed by atoms with Crippen LogP contribution in [0.2, 0.25) is 0 Å². The number of carbonyl (C=O) groups is 1. The van der Waals surface area contributed by atoms with Gasteiger partial charge in [0.05, 0.1) is 12.3 Å². The second-order valence-electron chi connectivity index (χ2n) is 6.27. The first kappa shape index (κ1) is 19.2. The molecule has 0 saturated heterocycles. The van der Waals surface area contributed by atoms with E-state index in [-0.39, 0.29) is 5.91 Å². The van der Waals surface area contributed by atoms with Crippen LogP contribution in [0.4, 0.5) is 5.82 Å². The van der Waals surface area contributed by atoms with E-state index in [1.165, 1.54) is 0 Å². The highest BCUT2D eigenvalue weighted by molar-refractivity contribution is 9.10. The maximum atomic E-state index is 12.8. The average molecular weight is 428 g/mol. The first-order valence-corrected chi connectivity index (χ1v) is 9.62. The van der Waals surface area contributed by atoms with Gasteiger partial charge in [0.25, 0.3) is 5.91 Å². The molecule has 0 aliphatic rings. The topological polar surface area (TPSA) is 56.1 Å². The zero-order valence-electron chi connectivity index (χ0n) is 15.6. The van der Waals surface area contributed by atoms with E-state index < -0.39 is 0 Å². The SMILES string of the molecule is CCCOc1cccc(C(=O)Nc2c(-c3ccc(Br)cc3)c(C)nn2C)c1. The molecular weight excluding hydrogens is 406 g/mol. The zero-order valence-corrected chi connectivity index (χ0v) is 17.2. The van der Waals surface area contributed by atoms with Crippen LogP contribution in [0.25, 0.3) is 11.1 Å². The number of ether oxygens (including phenoxy) is 1. The number of nitrogens with one attached hydrogen (secondary N) is 1. The Labute approximate surface area is 167 Å². The van der Waals surface area contributed by atoms with Crippen LogP contribution in [-0.2, 0) is 7.05 Å². The van der Waals surface area contributed by atoms with Gasteiger partial charge in [-0.15, -0.1) is 0 Å². The molecule has 0 radical (unpaired) electrons. The molecular formula is C21H22BrN3O2. The maximum absolute atomic E-state index is 12.8. The van der Waals surface area contributed by atoms with Gasteiger partial charge in [-0.3, -0.25) is 9.48 Å². The molecule has 3 aromatic rings. The monoisotopic (exact) mass is 427 g/mol. The second-order valence-corrected chi connectivity index (χ2v) is 7.19. The third-order valence-electron chi connectivity index (χ3n) is 4.16. The molecule has 1 N–H and O–H groups in total. The summed E-state index contributed by atoms with van der Waals surface area (Å²) in [7, 11) is 1.83. The molecule has 0 atom stereocenters. The van der Waals surface area contributed by atoms with Gasteiger partial charge in [0.15, 0.2) is 0 Å². The maximum Gasteiger partial charge on any atom is 0.256 e.